The van der Waals surface area contributed by atoms with E-state index in [0.29, 0.717) is 17.9 Å². The summed E-state index contributed by atoms with van der Waals surface area (Å²) in [6.07, 6.45) is -0.973. The van der Waals surface area contributed by atoms with Gasteiger partial charge in [-0.1, -0.05) is 18.2 Å². The second-order valence-electron chi connectivity index (χ2n) is 14.3. The first-order valence-electron chi connectivity index (χ1n) is 19.0. The number of amides is 4. The number of benzene rings is 2. The molecule has 304 valence electrons. The van der Waals surface area contributed by atoms with E-state index in [1.807, 2.05) is 24.3 Å². The number of pyridine rings is 1. The highest BCUT2D eigenvalue weighted by Gasteiger charge is 2.45. The monoisotopic (exact) mass is 809 g/mol. The Morgan fingerprint density at radius 1 is 0.915 bits per heavy atom. The van der Waals surface area contributed by atoms with Gasteiger partial charge in [0, 0.05) is 62.4 Å². The van der Waals surface area contributed by atoms with Crippen LogP contribution in [0.25, 0.3) is 16.9 Å². The van der Waals surface area contributed by atoms with Crippen molar-refractivity contribution in [3.63, 3.8) is 0 Å². The molecule has 2 saturated heterocycles. The van der Waals surface area contributed by atoms with Crippen LogP contribution in [0.1, 0.15) is 45.7 Å². The number of nitrogens with one attached hydrogen (secondary N) is 3. The SMILES string of the molecule is C=CCn1c(=O)c2cnc(Nc3ccc(N4CCN(CCCNc5cccc6c5C(=O)N(C5CCC(=O)NC5=O)C6=O)CC4)cc3)nc2n1-c1cccc(C(F)(F)F)n1. The lowest BCUT2D eigenvalue weighted by Gasteiger charge is -2.36. The van der Waals surface area contributed by atoms with Crippen molar-refractivity contribution < 1.29 is 32.3 Å². The number of halogens is 3. The normalized spacial score (nSPS) is 17.4. The molecule has 3 aromatic heterocycles. The van der Waals surface area contributed by atoms with Crippen LogP contribution in [0, 0.1) is 0 Å². The molecule has 3 aliphatic rings. The maximum Gasteiger partial charge on any atom is 0.433 e. The predicted octanol–water partition coefficient (Wildman–Crippen LogP) is 3.95. The third-order valence-electron chi connectivity index (χ3n) is 10.5. The number of aromatic nitrogens is 5. The topological polar surface area (TPSA) is 180 Å². The molecular weight excluding hydrogens is 772 g/mol. The van der Waals surface area contributed by atoms with Crippen molar-refractivity contribution in [3.8, 4) is 5.82 Å². The number of nitrogens with zero attached hydrogens (tertiary/aromatic N) is 8. The minimum Gasteiger partial charge on any atom is -0.384 e. The summed E-state index contributed by atoms with van der Waals surface area (Å²) < 4.78 is 43.0. The number of hydrogen-bond acceptors (Lipinski definition) is 12. The van der Waals surface area contributed by atoms with Crippen LogP contribution in [-0.4, -0.2) is 103 Å². The van der Waals surface area contributed by atoms with Gasteiger partial charge in [0.25, 0.3) is 17.4 Å². The number of carbonyl (C=O) groups excluding carboxylic acids is 4. The Bertz CT molecular complexity index is 2550. The van der Waals surface area contributed by atoms with Crippen molar-refractivity contribution >= 4 is 57.7 Å². The number of alkyl halides is 3. The molecule has 5 aromatic rings. The minimum absolute atomic E-state index is 0.00182. The van der Waals surface area contributed by atoms with Crippen LogP contribution < -0.4 is 26.4 Å². The van der Waals surface area contributed by atoms with Gasteiger partial charge < -0.3 is 15.5 Å². The molecule has 3 N–H and O–H groups in total. The van der Waals surface area contributed by atoms with Crippen molar-refractivity contribution in [3.05, 3.63) is 107 Å². The van der Waals surface area contributed by atoms with Crippen molar-refractivity contribution in [1.82, 2.24) is 39.4 Å². The Balaban J connectivity index is 0.855. The molecule has 2 fully saturated rings. The van der Waals surface area contributed by atoms with Gasteiger partial charge >= 0.3 is 6.18 Å². The number of hydrogen-bond donors (Lipinski definition) is 3. The molecule has 3 aliphatic heterocycles. The van der Waals surface area contributed by atoms with Crippen molar-refractivity contribution in [2.45, 2.75) is 38.0 Å². The number of imide groups is 2. The highest BCUT2D eigenvalue weighted by atomic mass is 19.4. The lowest BCUT2D eigenvalue weighted by Crippen LogP contribution is -2.54. The standard InChI is InChI=1S/C40H38F3N11O5/c1-2-17-52-36(57)27-23-45-39(49-34(27)54(52)31-9-4-8-30(47-31)40(41,42)43)46-24-10-12-25(13-11-24)51-21-19-50(20-22-51)18-5-16-44-28-7-3-6-26-33(28)38(59)53(37(26)58)29-14-15-32(55)48-35(29)56/h2-4,6-13,23,29,44H,1,5,14-22H2,(H,45,46,49)(H,48,55,56). The zero-order valence-electron chi connectivity index (χ0n) is 31.5. The van der Waals surface area contributed by atoms with E-state index in [0.717, 1.165) is 55.8 Å². The molecule has 16 nitrogen and oxygen atoms in total. The number of anilines is 4. The van der Waals surface area contributed by atoms with E-state index in [4.69, 9.17) is 0 Å². The van der Waals surface area contributed by atoms with Gasteiger partial charge in [-0.2, -0.15) is 18.2 Å². The van der Waals surface area contributed by atoms with Crippen molar-refractivity contribution in [2.75, 3.05) is 54.8 Å². The van der Waals surface area contributed by atoms with E-state index in [-0.39, 0.29) is 53.3 Å². The third kappa shape index (κ3) is 7.63. The van der Waals surface area contributed by atoms with Gasteiger partial charge in [0.1, 0.15) is 17.1 Å². The fraction of sp³-hybridized carbons (Fsp3) is 0.300. The molecule has 59 heavy (non-hydrogen) atoms. The molecule has 2 aromatic carbocycles. The zero-order valence-corrected chi connectivity index (χ0v) is 31.5. The number of piperazine rings is 1. The van der Waals surface area contributed by atoms with Gasteiger partial charge in [0.05, 0.1) is 17.7 Å². The van der Waals surface area contributed by atoms with Gasteiger partial charge in [-0.3, -0.25) is 39.1 Å². The molecule has 0 saturated carbocycles. The summed E-state index contributed by atoms with van der Waals surface area (Å²) in [5, 5.41) is 8.75. The summed E-state index contributed by atoms with van der Waals surface area (Å²) in [7, 11) is 0. The Kier molecular flexibility index (Phi) is 10.4. The first kappa shape index (κ1) is 39.0. The zero-order chi connectivity index (χ0) is 41.4. The molecule has 0 bridgehead atoms. The number of carbonyl (C=O) groups is 4. The molecular formula is C40H38F3N11O5. The average molecular weight is 810 g/mol. The molecule has 0 aliphatic carbocycles. The predicted molar refractivity (Wildman–Crippen MR) is 211 cm³/mol. The first-order chi connectivity index (χ1) is 28.4. The van der Waals surface area contributed by atoms with Gasteiger partial charge in [0.15, 0.2) is 11.5 Å². The Hall–Kier alpha value is -6.89. The lowest BCUT2D eigenvalue weighted by molar-refractivity contribution is -0.141. The van der Waals surface area contributed by atoms with Crippen molar-refractivity contribution in [2.24, 2.45) is 0 Å². The van der Waals surface area contributed by atoms with Crippen LogP contribution >= 0.6 is 0 Å². The van der Waals surface area contributed by atoms with Crippen LogP contribution in [0.2, 0.25) is 0 Å². The second kappa shape index (κ2) is 15.8. The van der Waals surface area contributed by atoms with Gasteiger partial charge in [0.2, 0.25) is 17.8 Å². The third-order valence-corrected chi connectivity index (χ3v) is 10.5. The summed E-state index contributed by atoms with van der Waals surface area (Å²) in [6, 6.07) is 15.1. The molecule has 0 spiro atoms. The molecule has 0 radical (unpaired) electrons. The van der Waals surface area contributed by atoms with E-state index in [1.165, 1.54) is 33.8 Å². The largest absolute Gasteiger partial charge is 0.433 e. The van der Waals surface area contributed by atoms with E-state index < -0.39 is 47.1 Å². The molecule has 6 heterocycles. The highest BCUT2D eigenvalue weighted by molar-refractivity contribution is 6.25. The molecule has 8 rings (SSSR count). The second-order valence-corrected chi connectivity index (χ2v) is 14.3. The molecule has 1 unspecified atom stereocenters. The summed E-state index contributed by atoms with van der Waals surface area (Å²) in [5.41, 5.74) is 1.16. The fourth-order valence-corrected chi connectivity index (χ4v) is 7.61. The molecule has 1 atom stereocenters. The Morgan fingerprint density at radius 3 is 2.41 bits per heavy atom. The van der Waals surface area contributed by atoms with Crippen LogP contribution in [0.4, 0.5) is 36.2 Å². The van der Waals surface area contributed by atoms with Gasteiger partial charge in [-0.25, -0.2) is 19.3 Å². The summed E-state index contributed by atoms with van der Waals surface area (Å²) in [6.45, 7) is 8.29. The fourth-order valence-electron chi connectivity index (χ4n) is 7.61. The quantitative estimate of drug-likeness (QED) is 0.0941. The van der Waals surface area contributed by atoms with Crippen LogP contribution in [0.3, 0.4) is 0 Å². The maximum atomic E-state index is 13.5. The smallest absolute Gasteiger partial charge is 0.384 e. The number of allylic oxidation sites excluding steroid dienone is 1. The summed E-state index contributed by atoms with van der Waals surface area (Å²) >= 11 is 0. The highest BCUT2D eigenvalue weighted by Crippen LogP contribution is 2.33. The van der Waals surface area contributed by atoms with E-state index in [9.17, 15) is 37.1 Å². The van der Waals surface area contributed by atoms with E-state index >= 15 is 0 Å². The lowest BCUT2D eigenvalue weighted by atomic mass is 10.0. The molecule has 19 heteroatoms. The maximum absolute atomic E-state index is 13.5. The van der Waals surface area contributed by atoms with Crippen LogP contribution in [0.15, 0.2) is 84.3 Å². The first-order valence-corrected chi connectivity index (χ1v) is 19.0. The average Bonchev–Trinajstić information content (AvgIpc) is 3.64. The number of fused-ring (bicyclic) bond motifs is 2. The minimum atomic E-state index is -4.68. The van der Waals surface area contributed by atoms with Crippen LogP contribution in [-0.2, 0) is 22.3 Å². The summed E-state index contributed by atoms with van der Waals surface area (Å²) in [4.78, 5) is 81.9. The van der Waals surface area contributed by atoms with Gasteiger partial charge in [-0.05, 0) is 67.9 Å². The number of rotatable bonds is 12. The number of piperidine rings is 1. The van der Waals surface area contributed by atoms with Crippen molar-refractivity contribution in [1.29, 1.82) is 0 Å². The van der Waals surface area contributed by atoms with Gasteiger partial charge in [-0.15, -0.1) is 6.58 Å². The van der Waals surface area contributed by atoms with E-state index in [2.05, 4.69) is 47.3 Å². The van der Waals surface area contributed by atoms with E-state index in [1.54, 1.807) is 18.2 Å². The summed E-state index contributed by atoms with van der Waals surface area (Å²) in [5.74, 6) is -2.16. The Morgan fingerprint density at radius 2 is 1.68 bits per heavy atom. The molecule has 4 amide bonds. The Labute approximate surface area is 334 Å². The van der Waals surface area contributed by atoms with Crippen LogP contribution in [0.5, 0.6) is 0 Å².